The number of fused-ring (bicyclic) bond motifs is 9. The largest absolute Gasteiger partial charge is 0.309 e. The Balaban J connectivity index is 0.908. The Hall–Kier alpha value is -9.33. The Morgan fingerprint density at radius 2 is 0.737 bits per heavy atom. The van der Waals surface area contributed by atoms with Crippen molar-refractivity contribution in [2.45, 2.75) is 0 Å². The van der Waals surface area contributed by atoms with Crippen molar-refractivity contribution in [3.63, 3.8) is 0 Å². The van der Waals surface area contributed by atoms with Gasteiger partial charge in [0.05, 0.1) is 27.8 Å². The van der Waals surface area contributed by atoms with Crippen LogP contribution in [0.2, 0.25) is 0 Å². The third-order valence-electron chi connectivity index (χ3n) is 16.6. The van der Waals surface area contributed by atoms with E-state index in [0.717, 1.165) is 5.69 Å². The van der Waals surface area contributed by atoms with Crippen LogP contribution in [0.1, 0.15) is 0 Å². The van der Waals surface area contributed by atoms with E-state index in [-0.39, 0.29) is 0 Å². The van der Waals surface area contributed by atoms with Crippen molar-refractivity contribution in [3.05, 3.63) is 303 Å². The molecule has 14 aromatic rings. The van der Waals surface area contributed by atoms with Gasteiger partial charge in [0.2, 0.25) is 0 Å². The van der Waals surface area contributed by atoms with Crippen LogP contribution in [0, 0.1) is 0 Å². The SMILES string of the molecule is c1ccc([Si](c2ccccc2)(c2ccccc2)c2ccc(-n3c4ccccc4c4c(-n5c6ccccc6c6ccc(-c7ccc8c(c7)-c7ccccc7[Si]8(c7ccccc7)c7ccccc7)cc65)cccc43)cc2)cc1. The van der Waals surface area contributed by atoms with Gasteiger partial charge in [-0.3, -0.25) is 0 Å². The highest BCUT2D eigenvalue weighted by Crippen LogP contribution is 2.41. The lowest BCUT2D eigenvalue weighted by Gasteiger charge is -2.34. The summed E-state index contributed by atoms with van der Waals surface area (Å²) in [6.07, 6.45) is 0. The van der Waals surface area contributed by atoms with Crippen molar-refractivity contribution in [3.8, 4) is 33.6 Å². The first-order chi connectivity index (χ1) is 37.7. The topological polar surface area (TPSA) is 9.86 Å². The summed E-state index contributed by atoms with van der Waals surface area (Å²) >= 11 is 0. The van der Waals surface area contributed by atoms with Crippen molar-refractivity contribution in [2.24, 2.45) is 0 Å². The average Bonchev–Trinajstić information content (AvgIpc) is 4.28. The van der Waals surface area contributed by atoms with Crippen LogP contribution in [0.5, 0.6) is 0 Å². The van der Waals surface area contributed by atoms with Gasteiger partial charge in [0.1, 0.15) is 0 Å². The van der Waals surface area contributed by atoms with Crippen molar-refractivity contribution < 1.29 is 0 Å². The molecule has 0 spiro atoms. The highest BCUT2D eigenvalue weighted by molar-refractivity contribution is 7.22. The Bertz CT molecular complexity index is 4350. The maximum atomic E-state index is 2.53. The molecule has 0 fully saturated rings. The van der Waals surface area contributed by atoms with E-state index in [4.69, 9.17) is 0 Å². The molecule has 0 bridgehead atoms. The van der Waals surface area contributed by atoms with Gasteiger partial charge in [0.15, 0.2) is 16.1 Å². The van der Waals surface area contributed by atoms with Gasteiger partial charge in [-0.05, 0) is 112 Å². The van der Waals surface area contributed by atoms with E-state index in [9.17, 15) is 0 Å². The summed E-state index contributed by atoms with van der Waals surface area (Å²) in [4.78, 5) is 0. The summed E-state index contributed by atoms with van der Waals surface area (Å²) in [5.74, 6) is 0. The molecule has 15 rings (SSSR count). The van der Waals surface area contributed by atoms with E-state index >= 15 is 0 Å². The fourth-order valence-electron chi connectivity index (χ4n) is 13.4. The van der Waals surface area contributed by atoms with Crippen molar-refractivity contribution >= 4 is 101 Å². The Morgan fingerprint density at radius 1 is 0.276 bits per heavy atom. The van der Waals surface area contributed by atoms with Crippen molar-refractivity contribution in [1.29, 1.82) is 0 Å². The van der Waals surface area contributed by atoms with Crippen LogP contribution in [0.4, 0.5) is 0 Å². The first kappa shape index (κ1) is 44.2. The molecular formula is C72H50N2Si2. The molecule has 0 aliphatic carbocycles. The van der Waals surface area contributed by atoms with Gasteiger partial charge in [-0.1, -0.05) is 255 Å². The van der Waals surface area contributed by atoms with Crippen molar-refractivity contribution in [2.75, 3.05) is 0 Å². The van der Waals surface area contributed by atoms with E-state index in [1.165, 1.54) is 113 Å². The molecule has 2 nitrogen and oxygen atoms in total. The third-order valence-corrected chi connectivity index (χ3v) is 26.2. The lowest BCUT2D eigenvalue weighted by molar-refractivity contribution is 1.17. The molecule has 0 amide bonds. The molecule has 0 saturated heterocycles. The smallest absolute Gasteiger partial charge is 0.180 e. The quantitative estimate of drug-likeness (QED) is 0.101. The summed E-state index contributed by atoms with van der Waals surface area (Å²) < 4.78 is 5.01. The van der Waals surface area contributed by atoms with Gasteiger partial charge < -0.3 is 9.13 Å². The number of benzene rings is 12. The standard InChI is InChI=1S/C72H50N2Si2/c1-6-23-54(24-7-1)75(55-25-8-2-9-26-55,56-27-10-3-11-28-56)59-45-43-53(44-46-59)73-66-37-20-17-35-63(66)72-67(73)38-22-39-68(72)74-65-36-19-16-33-60(65)61-47-41-52(50-69(61)74)51-42-48-71-64(49-51)62-34-18-21-40-70(62)76(71,57-29-12-4-13-30-57)58-31-14-5-15-32-58/h1-50H. The molecule has 3 heterocycles. The highest BCUT2D eigenvalue weighted by atomic mass is 28.3. The molecule has 1 aliphatic rings. The van der Waals surface area contributed by atoms with Gasteiger partial charge >= 0.3 is 0 Å². The minimum atomic E-state index is -2.71. The lowest BCUT2D eigenvalue weighted by atomic mass is 9.98. The molecule has 0 atom stereocenters. The predicted octanol–water partition coefficient (Wildman–Crippen LogP) is 12.3. The third kappa shape index (κ3) is 6.45. The molecule has 76 heavy (non-hydrogen) atoms. The van der Waals surface area contributed by atoms with Gasteiger partial charge in [-0.25, -0.2) is 0 Å². The molecule has 0 radical (unpaired) electrons. The zero-order chi connectivity index (χ0) is 50.2. The van der Waals surface area contributed by atoms with Gasteiger partial charge in [-0.2, -0.15) is 0 Å². The van der Waals surface area contributed by atoms with Crippen LogP contribution >= 0.6 is 0 Å². The minimum Gasteiger partial charge on any atom is -0.309 e. The van der Waals surface area contributed by atoms with E-state index in [1.54, 1.807) is 0 Å². The fraction of sp³-hybridized carbons (Fsp3) is 0. The van der Waals surface area contributed by atoms with Crippen LogP contribution in [-0.2, 0) is 0 Å². The Kier molecular flexibility index (Phi) is 10.3. The summed E-state index contributed by atoms with van der Waals surface area (Å²) in [6.45, 7) is 0. The van der Waals surface area contributed by atoms with E-state index in [0.29, 0.717) is 0 Å². The van der Waals surface area contributed by atoms with Crippen molar-refractivity contribution in [1.82, 2.24) is 9.13 Å². The number of rotatable bonds is 9. The predicted molar refractivity (Wildman–Crippen MR) is 327 cm³/mol. The summed E-state index contributed by atoms with van der Waals surface area (Å²) in [5, 5.41) is 16.1. The molecule has 0 saturated carbocycles. The molecular weight excluding hydrogens is 949 g/mol. The van der Waals surface area contributed by atoms with Crippen LogP contribution in [0.3, 0.4) is 0 Å². The summed E-state index contributed by atoms with van der Waals surface area (Å²) in [5.41, 5.74) is 12.1. The molecule has 0 N–H and O–H groups in total. The molecule has 1 aliphatic heterocycles. The van der Waals surface area contributed by atoms with Crippen LogP contribution in [0.15, 0.2) is 303 Å². The Labute approximate surface area is 444 Å². The maximum absolute atomic E-state index is 2.71. The van der Waals surface area contributed by atoms with Crippen LogP contribution in [0.25, 0.3) is 77.2 Å². The molecule has 2 aromatic heterocycles. The molecule has 12 aromatic carbocycles. The maximum Gasteiger partial charge on any atom is 0.180 e. The number of nitrogens with zero attached hydrogens (tertiary/aromatic N) is 2. The van der Waals surface area contributed by atoms with E-state index in [2.05, 4.69) is 312 Å². The summed E-state index contributed by atoms with van der Waals surface area (Å²) in [7, 11) is -5.31. The number of hydrogen-bond donors (Lipinski definition) is 0. The van der Waals surface area contributed by atoms with Crippen LogP contribution < -0.4 is 41.5 Å². The second-order valence-electron chi connectivity index (χ2n) is 20.3. The number of aromatic nitrogens is 2. The molecule has 4 heteroatoms. The second kappa shape index (κ2) is 17.7. The lowest BCUT2D eigenvalue weighted by Crippen LogP contribution is -2.74. The van der Waals surface area contributed by atoms with Gasteiger partial charge in [0, 0.05) is 27.2 Å². The molecule has 356 valence electrons. The van der Waals surface area contributed by atoms with E-state index in [1.807, 2.05) is 0 Å². The Morgan fingerprint density at radius 3 is 1.37 bits per heavy atom. The monoisotopic (exact) mass is 998 g/mol. The zero-order valence-corrected chi connectivity index (χ0v) is 43.8. The fourth-order valence-corrected chi connectivity index (χ4v) is 23.3. The van der Waals surface area contributed by atoms with E-state index < -0.39 is 16.1 Å². The first-order valence-corrected chi connectivity index (χ1v) is 30.4. The minimum absolute atomic E-state index is 1.14. The summed E-state index contributed by atoms with van der Waals surface area (Å²) in [6, 6.07) is 114. The normalized spacial score (nSPS) is 12.8. The first-order valence-electron chi connectivity index (χ1n) is 26.4. The average molecular weight is 999 g/mol. The van der Waals surface area contributed by atoms with Crippen LogP contribution in [-0.4, -0.2) is 25.3 Å². The number of para-hydroxylation sites is 2. The zero-order valence-electron chi connectivity index (χ0n) is 41.8. The molecule has 0 unspecified atom stereocenters. The second-order valence-corrected chi connectivity index (χ2v) is 27.8. The number of hydrogen-bond acceptors (Lipinski definition) is 0. The van der Waals surface area contributed by atoms with Gasteiger partial charge in [0.25, 0.3) is 0 Å². The van der Waals surface area contributed by atoms with Gasteiger partial charge in [-0.15, -0.1) is 0 Å². The highest BCUT2D eigenvalue weighted by Gasteiger charge is 2.48.